The van der Waals surface area contributed by atoms with E-state index in [1.165, 1.54) is 24.0 Å². The van der Waals surface area contributed by atoms with Gasteiger partial charge in [0.2, 0.25) is 0 Å². The third-order valence-electron chi connectivity index (χ3n) is 2.94. The topological polar surface area (TPSA) is 38.0 Å². The van der Waals surface area contributed by atoms with Crippen LogP contribution in [-0.4, -0.2) is 12.6 Å². The maximum atomic E-state index is 6.17. The molecule has 0 heterocycles. The first-order valence-electron chi connectivity index (χ1n) is 6.00. The first-order chi connectivity index (χ1) is 7.79. The van der Waals surface area contributed by atoms with Crippen LogP contribution in [0.4, 0.5) is 0 Å². The van der Waals surface area contributed by atoms with E-state index in [1.807, 2.05) is 6.07 Å². The zero-order chi connectivity index (χ0) is 11.4. The second kappa shape index (κ2) is 5.67. The lowest BCUT2D eigenvalue weighted by molar-refractivity contribution is 0.687. The number of hydrogen-bond acceptors (Lipinski definition) is 2. The molecule has 0 aliphatic heterocycles. The van der Waals surface area contributed by atoms with E-state index in [9.17, 15) is 0 Å². The summed E-state index contributed by atoms with van der Waals surface area (Å²) in [6.07, 6.45) is 4.70. The number of nitrogens with one attached hydrogen (secondary N) is 1. The van der Waals surface area contributed by atoms with Crippen LogP contribution in [0, 0.1) is 0 Å². The summed E-state index contributed by atoms with van der Waals surface area (Å²) in [5.41, 5.74) is 8.06. The molecule has 16 heavy (non-hydrogen) atoms. The van der Waals surface area contributed by atoms with Crippen LogP contribution in [0.25, 0.3) is 0 Å². The van der Waals surface area contributed by atoms with Crippen LogP contribution in [0.3, 0.4) is 0 Å². The maximum Gasteiger partial charge on any atom is 0.0451 e. The fourth-order valence-corrected chi connectivity index (χ4v) is 1.95. The van der Waals surface area contributed by atoms with Gasteiger partial charge in [-0.15, -0.1) is 0 Å². The van der Waals surface area contributed by atoms with Crippen molar-refractivity contribution in [2.75, 3.05) is 6.54 Å². The Labute approximate surface area is 102 Å². The Morgan fingerprint density at radius 2 is 2.19 bits per heavy atom. The zero-order valence-electron chi connectivity index (χ0n) is 9.51. The van der Waals surface area contributed by atoms with Crippen molar-refractivity contribution in [1.82, 2.24) is 5.32 Å². The molecule has 0 aromatic heterocycles. The van der Waals surface area contributed by atoms with Gasteiger partial charge < -0.3 is 11.1 Å². The van der Waals surface area contributed by atoms with E-state index in [4.69, 9.17) is 17.3 Å². The van der Waals surface area contributed by atoms with Gasteiger partial charge in [-0.05, 0) is 49.4 Å². The summed E-state index contributed by atoms with van der Waals surface area (Å²) in [4.78, 5) is 0. The minimum absolute atomic E-state index is 0.726. The van der Waals surface area contributed by atoms with E-state index in [-0.39, 0.29) is 0 Å². The number of nitrogens with two attached hydrogens (primary N) is 1. The molecule has 88 valence electrons. The molecule has 0 saturated heterocycles. The molecule has 1 fully saturated rings. The molecule has 1 aromatic carbocycles. The number of benzene rings is 1. The van der Waals surface area contributed by atoms with Crippen molar-refractivity contribution in [2.45, 2.75) is 38.3 Å². The van der Waals surface area contributed by atoms with Crippen molar-refractivity contribution in [2.24, 2.45) is 5.73 Å². The van der Waals surface area contributed by atoms with Gasteiger partial charge >= 0.3 is 0 Å². The Kier molecular flexibility index (Phi) is 4.22. The molecule has 0 unspecified atom stereocenters. The van der Waals surface area contributed by atoms with Crippen molar-refractivity contribution in [3.8, 4) is 0 Å². The molecule has 0 amide bonds. The highest BCUT2D eigenvalue weighted by Crippen LogP contribution is 2.22. The lowest BCUT2D eigenvalue weighted by Crippen LogP contribution is -2.15. The zero-order valence-corrected chi connectivity index (χ0v) is 10.3. The average Bonchev–Trinajstić information content (AvgIpc) is 3.10. The molecule has 0 radical (unpaired) electrons. The fourth-order valence-electron chi connectivity index (χ4n) is 1.77. The minimum atomic E-state index is 0.726. The van der Waals surface area contributed by atoms with Gasteiger partial charge in [-0.3, -0.25) is 0 Å². The third kappa shape index (κ3) is 3.48. The summed E-state index contributed by atoms with van der Waals surface area (Å²) in [5.74, 6) is 0. The van der Waals surface area contributed by atoms with Crippen LogP contribution >= 0.6 is 11.6 Å². The molecule has 1 aliphatic rings. The van der Waals surface area contributed by atoms with Crippen LogP contribution in [0.15, 0.2) is 18.2 Å². The van der Waals surface area contributed by atoms with Crippen molar-refractivity contribution in [3.63, 3.8) is 0 Å². The van der Waals surface area contributed by atoms with E-state index in [1.54, 1.807) is 0 Å². The molecular formula is C13H19ClN2. The molecule has 3 heteroatoms. The van der Waals surface area contributed by atoms with Gasteiger partial charge in [-0.2, -0.15) is 0 Å². The second-order valence-corrected chi connectivity index (χ2v) is 4.88. The van der Waals surface area contributed by atoms with E-state index < -0.39 is 0 Å². The molecule has 2 rings (SSSR count). The van der Waals surface area contributed by atoms with Crippen molar-refractivity contribution < 1.29 is 0 Å². The first-order valence-corrected chi connectivity index (χ1v) is 6.38. The highest BCUT2D eigenvalue weighted by atomic mass is 35.5. The van der Waals surface area contributed by atoms with Crippen molar-refractivity contribution in [1.29, 1.82) is 0 Å². The predicted octanol–water partition coefficient (Wildman–Crippen LogP) is 2.48. The smallest absolute Gasteiger partial charge is 0.0451 e. The molecule has 0 bridgehead atoms. The van der Waals surface area contributed by atoms with Crippen molar-refractivity contribution in [3.05, 3.63) is 34.3 Å². The Balaban J connectivity index is 1.96. The monoisotopic (exact) mass is 238 g/mol. The molecule has 3 N–H and O–H groups in total. The van der Waals surface area contributed by atoms with Gasteiger partial charge in [0, 0.05) is 17.6 Å². The van der Waals surface area contributed by atoms with Crippen LogP contribution < -0.4 is 11.1 Å². The molecular weight excluding hydrogens is 220 g/mol. The lowest BCUT2D eigenvalue weighted by Gasteiger charge is -2.08. The van der Waals surface area contributed by atoms with Gasteiger partial charge in [0.15, 0.2) is 0 Å². The molecule has 1 saturated carbocycles. The normalized spacial score (nSPS) is 15.4. The highest BCUT2D eigenvalue weighted by Gasteiger charge is 2.20. The van der Waals surface area contributed by atoms with Crippen LogP contribution in [0.1, 0.15) is 30.4 Å². The van der Waals surface area contributed by atoms with E-state index >= 15 is 0 Å². The van der Waals surface area contributed by atoms with Gasteiger partial charge in [-0.25, -0.2) is 0 Å². The van der Waals surface area contributed by atoms with E-state index in [2.05, 4.69) is 17.4 Å². The number of halogens is 1. The van der Waals surface area contributed by atoms with E-state index in [0.717, 1.165) is 37.0 Å². The summed E-state index contributed by atoms with van der Waals surface area (Å²) in [6.45, 7) is 1.64. The molecule has 0 atom stereocenters. The van der Waals surface area contributed by atoms with Crippen LogP contribution in [-0.2, 0) is 13.0 Å². The second-order valence-electron chi connectivity index (χ2n) is 4.47. The fraction of sp³-hybridized carbons (Fsp3) is 0.538. The van der Waals surface area contributed by atoms with Crippen LogP contribution in [0.5, 0.6) is 0 Å². The number of hydrogen-bond donors (Lipinski definition) is 2. The standard InChI is InChI=1S/C13H19ClN2/c14-13-6-3-10(2-1-7-15)8-11(13)9-16-12-4-5-12/h3,6,8,12,16H,1-2,4-5,7,9,15H2. The highest BCUT2D eigenvalue weighted by molar-refractivity contribution is 6.31. The average molecular weight is 239 g/mol. The summed E-state index contributed by atoms with van der Waals surface area (Å²) < 4.78 is 0. The molecule has 1 aromatic rings. The summed E-state index contributed by atoms with van der Waals surface area (Å²) in [5, 5.41) is 4.35. The molecule has 1 aliphatic carbocycles. The van der Waals surface area contributed by atoms with Crippen molar-refractivity contribution >= 4 is 11.6 Å². The molecule has 0 spiro atoms. The minimum Gasteiger partial charge on any atom is -0.330 e. The summed E-state index contributed by atoms with van der Waals surface area (Å²) in [7, 11) is 0. The first kappa shape index (κ1) is 11.9. The third-order valence-corrected chi connectivity index (χ3v) is 3.31. The molecule has 2 nitrogen and oxygen atoms in total. The van der Waals surface area contributed by atoms with Gasteiger partial charge in [0.1, 0.15) is 0 Å². The Bertz CT molecular complexity index is 348. The largest absolute Gasteiger partial charge is 0.330 e. The lowest BCUT2D eigenvalue weighted by atomic mass is 10.1. The summed E-state index contributed by atoms with van der Waals surface area (Å²) >= 11 is 6.17. The van der Waals surface area contributed by atoms with Gasteiger partial charge in [0.05, 0.1) is 0 Å². The van der Waals surface area contributed by atoms with Crippen LogP contribution in [0.2, 0.25) is 5.02 Å². The predicted molar refractivity (Wildman–Crippen MR) is 68.7 cm³/mol. The number of rotatable bonds is 6. The maximum absolute atomic E-state index is 6.17. The quantitative estimate of drug-likeness (QED) is 0.799. The number of aryl methyl sites for hydroxylation is 1. The Hall–Kier alpha value is -0.570. The Morgan fingerprint density at radius 3 is 2.88 bits per heavy atom. The van der Waals surface area contributed by atoms with E-state index in [0.29, 0.717) is 0 Å². The Morgan fingerprint density at radius 1 is 1.38 bits per heavy atom. The SMILES string of the molecule is NCCCc1ccc(Cl)c(CNC2CC2)c1. The van der Waals surface area contributed by atoms with Gasteiger partial charge in [-0.1, -0.05) is 23.7 Å². The summed E-state index contributed by atoms with van der Waals surface area (Å²) in [6, 6.07) is 7.02. The van der Waals surface area contributed by atoms with Gasteiger partial charge in [0.25, 0.3) is 0 Å².